The molecular weight excluding hydrogens is 240 g/mol. The lowest BCUT2D eigenvalue weighted by molar-refractivity contribution is -0.121. The first-order valence-electron chi connectivity index (χ1n) is 6.78. The maximum absolute atomic E-state index is 11.6. The van der Waals surface area contributed by atoms with Crippen molar-refractivity contribution < 1.29 is 9.53 Å². The Hall–Kier alpha value is -1.39. The van der Waals surface area contributed by atoms with E-state index in [-0.39, 0.29) is 5.91 Å². The number of carbonyl (C=O) groups excluding carboxylic acids is 1. The van der Waals surface area contributed by atoms with Gasteiger partial charge in [-0.15, -0.1) is 0 Å². The lowest BCUT2D eigenvalue weighted by Gasteiger charge is -2.20. The van der Waals surface area contributed by atoms with Gasteiger partial charge in [-0.1, -0.05) is 37.3 Å². The number of rotatable bonds is 9. The average Bonchev–Trinajstić information content (AvgIpc) is 2.45. The summed E-state index contributed by atoms with van der Waals surface area (Å²) in [5.74, 6) is 0.0866. The van der Waals surface area contributed by atoms with Crippen molar-refractivity contribution in [1.29, 1.82) is 0 Å². The fourth-order valence-corrected chi connectivity index (χ4v) is 1.83. The zero-order chi connectivity index (χ0) is 13.9. The maximum atomic E-state index is 11.6. The third-order valence-electron chi connectivity index (χ3n) is 2.98. The smallest absolute Gasteiger partial charge is 0.221 e. The number of amides is 1. The Balaban J connectivity index is 2.27. The molecule has 0 spiro atoms. The van der Waals surface area contributed by atoms with E-state index in [1.165, 1.54) is 5.56 Å². The third kappa shape index (κ3) is 6.94. The Morgan fingerprint density at radius 2 is 2.05 bits per heavy atom. The quantitative estimate of drug-likeness (QED) is 0.690. The predicted octanol–water partition coefficient (Wildman–Crippen LogP) is 1.66. The second kappa shape index (κ2) is 9.53. The van der Waals surface area contributed by atoms with E-state index in [4.69, 9.17) is 4.74 Å². The average molecular weight is 264 g/mol. The van der Waals surface area contributed by atoms with Crippen LogP contribution >= 0.6 is 0 Å². The molecule has 0 radical (unpaired) electrons. The molecule has 0 saturated heterocycles. The molecule has 0 heterocycles. The van der Waals surface area contributed by atoms with Gasteiger partial charge in [0.25, 0.3) is 0 Å². The minimum Gasteiger partial charge on any atom is -0.383 e. The fourth-order valence-electron chi connectivity index (χ4n) is 1.83. The Bertz CT molecular complexity index is 354. The molecule has 106 valence electrons. The molecule has 1 amide bonds. The van der Waals surface area contributed by atoms with Crippen LogP contribution in [0.3, 0.4) is 0 Å². The number of methoxy groups -OCH3 is 1. The molecule has 1 aromatic rings. The SMILES string of the molecule is CCN(CCC(=O)NCCOC)Cc1ccccc1. The number of hydrogen-bond donors (Lipinski definition) is 1. The summed E-state index contributed by atoms with van der Waals surface area (Å²) < 4.78 is 4.89. The van der Waals surface area contributed by atoms with Crippen LogP contribution in [0, 0.1) is 0 Å². The molecule has 0 aliphatic rings. The summed E-state index contributed by atoms with van der Waals surface area (Å²) in [5, 5.41) is 2.84. The van der Waals surface area contributed by atoms with Gasteiger partial charge in [-0.25, -0.2) is 0 Å². The molecule has 1 N–H and O–H groups in total. The van der Waals surface area contributed by atoms with E-state index in [2.05, 4.69) is 29.3 Å². The van der Waals surface area contributed by atoms with E-state index >= 15 is 0 Å². The molecular formula is C15H24N2O2. The summed E-state index contributed by atoms with van der Waals surface area (Å²) in [6, 6.07) is 10.3. The van der Waals surface area contributed by atoms with Crippen LogP contribution in [-0.4, -0.2) is 44.2 Å². The largest absolute Gasteiger partial charge is 0.383 e. The topological polar surface area (TPSA) is 41.6 Å². The number of carbonyl (C=O) groups is 1. The van der Waals surface area contributed by atoms with Gasteiger partial charge in [0.1, 0.15) is 0 Å². The van der Waals surface area contributed by atoms with Crippen molar-refractivity contribution in [3.8, 4) is 0 Å². The van der Waals surface area contributed by atoms with Crippen LogP contribution in [-0.2, 0) is 16.1 Å². The highest BCUT2D eigenvalue weighted by molar-refractivity contribution is 5.76. The normalized spacial score (nSPS) is 10.7. The summed E-state index contributed by atoms with van der Waals surface area (Å²) in [7, 11) is 1.63. The molecule has 0 saturated carbocycles. The van der Waals surface area contributed by atoms with Crippen molar-refractivity contribution in [3.05, 3.63) is 35.9 Å². The van der Waals surface area contributed by atoms with Crippen molar-refractivity contribution in [2.45, 2.75) is 19.9 Å². The molecule has 0 aliphatic carbocycles. The number of hydrogen-bond acceptors (Lipinski definition) is 3. The van der Waals surface area contributed by atoms with Crippen molar-refractivity contribution in [3.63, 3.8) is 0 Å². The molecule has 0 aromatic heterocycles. The van der Waals surface area contributed by atoms with E-state index in [0.717, 1.165) is 19.6 Å². The van der Waals surface area contributed by atoms with E-state index in [1.54, 1.807) is 7.11 Å². The van der Waals surface area contributed by atoms with Gasteiger partial charge in [-0.2, -0.15) is 0 Å². The van der Waals surface area contributed by atoms with E-state index in [0.29, 0.717) is 19.6 Å². The molecule has 0 atom stereocenters. The first-order valence-corrected chi connectivity index (χ1v) is 6.78. The standard InChI is InChI=1S/C15H24N2O2/c1-3-17(13-14-7-5-4-6-8-14)11-9-15(18)16-10-12-19-2/h4-8H,3,9-13H2,1-2H3,(H,16,18). The van der Waals surface area contributed by atoms with E-state index in [9.17, 15) is 4.79 Å². The van der Waals surface area contributed by atoms with Gasteiger partial charge in [-0.05, 0) is 12.1 Å². The second-order valence-electron chi connectivity index (χ2n) is 4.45. The summed E-state index contributed by atoms with van der Waals surface area (Å²) in [4.78, 5) is 13.9. The van der Waals surface area contributed by atoms with Gasteiger partial charge in [0.2, 0.25) is 5.91 Å². The van der Waals surface area contributed by atoms with Crippen molar-refractivity contribution >= 4 is 5.91 Å². The lowest BCUT2D eigenvalue weighted by Crippen LogP contribution is -2.32. The Morgan fingerprint density at radius 1 is 1.32 bits per heavy atom. The fraction of sp³-hybridized carbons (Fsp3) is 0.533. The van der Waals surface area contributed by atoms with Crippen molar-refractivity contribution in [2.75, 3.05) is 33.4 Å². The van der Waals surface area contributed by atoms with Crippen molar-refractivity contribution in [1.82, 2.24) is 10.2 Å². The van der Waals surface area contributed by atoms with Gasteiger partial charge in [0.15, 0.2) is 0 Å². The number of nitrogens with one attached hydrogen (secondary N) is 1. The highest BCUT2D eigenvalue weighted by Gasteiger charge is 2.07. The van der Waals surface area contributed by atoms with Crippen LogP contribution < -0.4 is 5.32 Å². The molecule has 19 heavy (non-hydrogen) atoms. The van der Waals surface area contributed by atoms with Gasteiger partial charge in [-0.3, -0.25) is 9.69 Å². The summed E-state index contributed by atoms with van der Waals surface area (Å²) in [6.45, 7) is 5.88. The minimum absolute atomic E-state index is 0.0866. The van der Waals surface area contributed by atoms with Crippen LogP contribution in [0.5, 0.6) is 0 Å². The van der Waals surface area contributed by atoms with Gasteiger partial charge < -0.3 is 10.1 Å². The second-order valence-corrected chi connectivity index (χ2v) is 4.45. The minimum atomic E-state index is 0.0866. The van der Waals surface area contributed by atoms with Crippen LogP contribution in [0.15, 0.2) is 30.3 Å². The summed E-state index contributed by atoms with van der Waals surface area (Å²) in [6.07, 6.45) is 0.532. The highest BCUT2D eigenvalue weighted by atomic mass is 16.5. The Morgan fingerprint density at radius 3 is 2.68 bits per heavy atom. The molecule has 0 fully saturated rings. The van der Waals surface area contributed by atoms with E-state index < -0.39 is 0 Å². The maximum Gasteiger partial charge on any atom is 0.221 e. The highest BCUT2D eigenvalue weighted by Crippen LogP contribution is 2.04. The summed E-state index contributed by atoms with van der Waals surface area (Å²) in [5.41, 5.74) is 1.28. The number of ether oxygens (including phenoxy) is 1. The molecule has 0 bridgehead atoms. The van der Waals surface area contributed by atoms with Crippen molar-refractivity contribution in [2.24, 2.45) is 0 Å². The lowest BCUT2D eigenvalue weighted by atomic mass is 10.2. The summed E-state index contributed by atoms with van der Waals surface area (Å²) >= 11 is 0. The third-order valence-corrected chi connectivity index (χ3v) is 2.98. The Labute approximate surface area is 115 Å². The van der Waals surface area contributed by atoms with Crippen LogP contribution in [0.1, 0.15) is 18.9 Å². The molecule has 1 aromatic carbocycles. The molecule has 4 nitrogen and oxygen atoms in total. The van der Waals surface area contributed by atoms with Crippen LogP contribution in [0.25, 0.3) is 0 Å². The zero-order valence-corrected chi connectivity index (χ0v) is 11.9. The van der Waals surface area contributed by atoms with Gasteiger partial charge >= 0.3 is 0 Å². The van der Waals surface area contributed by atoms with Crippen LogP contribution in [0.2, 0.25) is 0 Å². The first-order chi connectivity index (χ1) is 9.26. The first kappa shape index (κ1) is 15.7. The monoisotopic (exact) mass is 264 g/mol. The molecule has 0 aliphatic heterocycles. The predicted molar refractivity (Wildman–Crippen MR) is 76.9 cm³/mol. The molecule has 1 rings (SSSR count). The molecule has 4 heteroatoms. The van der Waals surface area contributed by atoms with Gasteiger partial charge in [0.05, 0.1) is 6.61 Å². The van der Waals surface area contributed by atoms with E-state index in [1.807, 2.05) is 18.2 Å². The zero-order valence-electron chi connectivity index (χ0n) is 11.9. The van der Waals surface area contributed by atoms with Crippen LogP contribution in [0.4, 0.5) is 0 Å². The van der Waals surface area contributed by atoms with Gasteiger partial charge in [0, 0.05) is 33.2 Å². The number of benzene rings is 1. The Kier molecular flexibility index (Phi) is 7.86. The number of nitrogens with zero attached hydrogens (tertiary/aromatic N) is 1. The molecule has 0 unspecified atom stereocenters.